The lowest BCUT2D eigenvalue weighted by Crippen LogP contribution is -1.92. The first-order chi connectivity index (χ1) is 22.8. The summed E-state index contributed by atoms with van der Waals surface area (Å²) in [6.07, 6.45) is 1.85. The molecule has 46 heavy (non-hydrogen) atoms. The van der Waals surface area contributed by atoms with Crippen LogP contribution in [-0.2, 0) is 0 Å². The van der Waals surface area contributed by atoms with Crippen molar-refractivity contribution in [3.8, 4) is 39.4 Å². The molecule has 0 radical (unpaired) electrons. The molecule has 0 fully saturated rings. The van der Waals surface area contributed by atoms with E-state index in [0.29, 0.717) is 5.56 Å². The minimum Gasteiger partial charge on any atom is -0.254 e. The van der Waals surface area contributed by atoms with Gasteiger partial charge in [0.25, 0.3) is 0 Å². The molecule has 0 saturated carbocycles. The zero-order valence-corrected chi connectivity index (χ0v) is 24.8. The summed E-state index contributed by atoms with van der Waals surface area (Å²) in [5.41, 5.74) is 10.4. The summed E-state index contributed by atoms with van der Waals surface area (Å²) in [5.74, 6) is 0. The number of hydrogen-bond acceptors (Lipinski definition) is 3. The highest BCUT2D eigenvalue weighted by atomic mass is 14.7. The number of aromatic nitrogens is 2. The van der Waals surface area contributed by atoms with Crippen molar-refractivity contribution in [2.75, 3.05) is 0 Å². The van der Waals surface area contributed by atoms with Crippen LogP contribution >= 0.6 is 0 Å². The van der Waals surface area contributed by atoms with Gasteiger partial charge in [0.05, 0.1) is 28.2 Å². The lowest BCUT2D eigenvalue weighted by atomic mass is 9.85. The van der Waals surface area contributed by atoms with E-state index >= 15 is 0 Å². The van der Waals surface area contributed by atoms with Crippen LogP contribution < -0.4 is 0 Å². The molecule has 0 bridgehead atoms. The number of hydrogen-bond donors (Lipinski definition) is 0. The maximum absolute atomic E-state index is 9.38. The Morgan fingerprint density at radius 2 is 1.00 bits per heavy atom. The SMILES string of the molecule is N#Cc1ccc(-c2c3ccccc3c(-c3ccc(-c4cc5cc6ccccc6nc5c5ncccc45)cc3)c3ccccc23)cc1. The second kappa shape index (κ2) is 10.4. The van der Waals surface area contributed by atoms with Crippen molar-refractivity contribution in [1.29, 1.82) is 5.26 Å². The smallest absolute Gasteiger partial charge is 0.0991 e. The second-order valence-electron chi connectivity index (χ2n) is 11.7. The first kappa shape index (κ1) is 26.1. The Morgan fingerprint density at radius 3 is 1.63 bits per heavy atom. The van der Waals surface area contributed by atoms with Gasteiger partial charge in [-0.25, -0.2) is 4.98 Å². The molecule has 2 aromatic heterocycles. The second-order valence-corrected chi connectivity index (χ2v) is 11.7. The van der Waals surface area contributed by atoms with Gasteiger partial charge in [-0.15, -0.1) is 0 Å². The maximum Gasteiger partial charge on any atom is 0.0991 e. The molecule has 0 saturated heterocycles. The number of para-hydroxylation sites is 1. The van der Waals surface area contributed by atoms with E-state index in [1.54, 1.807) is 0 Å². The Hall–Kier alpha value is -6.37. The average molecular weight is 584 g/mol. The van der Waals surface area contributed by atoms with Crippen molar-refractivity contribution in [3.05, 3.63) is 157 Å². The molecule has 7 aromatic carbocycles. The molecule has 0 atom stereocenters. The fourth-order valence-electron chi connectivity index (χ4n) is 6.99. The average Bonchev–Trinajstić information content (AvgIpc) is 3.13. The van der Waals surface area contributed by atoms with Crippen molar-refractivity contribution in [2.45, 2.75) is 0 Å². The number of nitriles is 1. The molecule has 0 unspecified atom stereocenters. The van der Waals surface area contributed by atoms with Gasteiger partial charge in [0.15, 0.2) is 0 Å². The van der Waals surface area contributed by atoms with Crippen LogP contribution in [0.1, 0.15) is 5.56 Å². The topological polar surface area (TPSA) is 49.6 Å². The Balaban J connectivity index is 1.25. The van der Waals surface area contributed by atoms with E-state index in [0.717, 1.165) is 49.4 Å². The third kappa shape index (κ3) is 4.05. The molecule has 0 spiro atoms. The number of fused-ring (bicyclic) bond motifs is 6. The van der Waals surface area contributed by atoms with Gasteiger partial charge in [-0.3, -0.25) is 4.98 Å². The zero-order valence-electron chi connectivity index (χ0n) is 24.8. The number of rotatable bonds is 3. The van der Waals surface area contributed by atoms with Gasteiger partial charge < -0.3 is 0 Å². The summed E-state index contributed by atoms with van der Waals surface area (Å²) in [4.78, 5) is 9.81. The van der Waals surface area contributed by atoms with Gasteiger partial charge in [-0.05, 0) is 91.3 Å². The maximum atomic E-state index is 9.38. The fraction of sp³-hybridized carbons (Fsp3) is 0. The van der Waals surface area contributed by atoms with E-state index in [-0.39, 0.29) is 0 Å². The van der Waals surface area contributed by atoms with Crippen molar-refractivity contribution < 1.29 is 0 Å². The summed E-state index contributed by atoms with van der Waals surface area (Å²) < 4.78 is 0. The first-order valence-electron chi connectivity index (χ1n) is 15.4. The zero-order chi connectivity index (χ0) is 30.6. The molecule has 0 N–H and O–H groups in total. The van der Waals surface area contributed by atoms with Crippen molar-refractivity contribution in [2.24, 2.45) is 0 Å². The van der Waals surface area contributed by atoms with Gasteiger partial charge in [-0.2, -0.15) is 5.26 Å². The van der Waals surface area contributed by atoms with Crippen LogP contribution in [0.3, 0.4) is 0 Å². The molecular formula is C43H25N3. The molecular weight excluding hydrogens is 558 g/mol. The third-order valence-electron chi connectivity index (χ3n) is 9.09. The van der Waals surface area contributed by atoms with E-state index in [2.05, 4.69) is 127 Å². The third-order valence-corrected chi connectivity index (χ3v) is 9.09. The molecule has 0 aliphatic rings. The first-order valence-corrected chi connectivity index (χ1v) is 15.4. The van der Waals surface area contributed by atoms with Crippen molar-refractivity contribution in [1.82, 2.24) is 9.97 Å². The van der Waals surface area contributed by atoms with E-state index in [9.17, 15) is 5.26 Å². The van der Waals surface area contributed by atoms with Crippen LogP contribution in [0.4, 0.5) is 0 Å². The highest BCUT2D eigenvalue weighted by molar-refractivity contribution is 6.21. The highest BCUT2D eigenvalue weighted by Crippen LogP contribution is 2.44. The monoisotopic (exact) mass is 583 g/mol. The molecule has 3 nitrogen and oxygen atoms in total. The Bertz CT molecular complexity index is 2630. The van der Waals surface area contributed by atoms with Crippen LogP contribution in [0.2, 0.25) is 0 Å². The van der Waals surface area contributed by atoms with Crippen molar-refractivity contribution in [3.63, 3.8) is 0 Å². The van der Waals surface area contributed by atoms with Crippen LogP contribution in [0.15, 0.2) is 152 Å². The fourth-order valence-corrected chi connectivity index (χ4v) is 6.99. The van der Waals surface area contributed by atoms with Gasteiger partial charge >= 0.3 is 0 Å². The van der Waals surface area contributed by atoms with Crippen LogP contribution in [0.5, 0.6) is 0 Å². The number of benzene rings is 7. The van der Waals surface area contributed by atoms with E-state index in [1.165, 1.54) is 38.2 Å². The van der Waals surface area contributed by atoms with E-state index in [1.807, 2.05) is 30.5 Å². The van der Waals surface area contributed by atoms with Crippen LogP contribution in [0.25, 0.3) is 87.6 Å². The lowest BCUT2D eigenvalue weighted by molar-refractivity contribution is 1.40. The Kier molecular flexibility index (Phi) is 5.88. The Labute approximate surface area is 265 Å². The van der Waals surface area contributed by atoms with Gasteiger partial charge in [0, 0.05) is 22.4 Å². The van der Waals surface area contributed by atoms with Crippen molar-refractivity contribution >= 4 is 54.3 Å². The molecule has 9 aromatic rings. The molecule has 0 aliphatic carbocycles. The molecule has 0 aliphatic heterocycles. The summed E-state index contributed by atoms with van der Waals surface area (Å²) >= 11 is 0. The predicted molar refractivity (Wildman–Crippen MR) is 191 cm³/mol. The van der Waals surface area contributed by atoms with E-state index < -0.39 is 0 Å². The summed E-state index contributed by atoms with van der Waals surface area (Å²) in [5, 5.41) is 17.5. The summed E-state index contributed by atoms with van der Waals surface area (Å²) in [6.45, 7) is 0. The minimum absolute atomic E-state index is 0.661. The summed E-state index contributed by atoms with van der Waals surface area (Å²) in [7, 11) is 0. The lowest BCUT2D eigenvalue weighted by Gasteiger charge is -2.18. The van der Waals surface area contributed by atoms with Gasteiger partial charge in [-0.1, -0.05) is 109 Å². The number of pyridine rings is 2. The molecule has 212 valence electrons. The summed E-state index contributed by atoms with van der Waals surface area (Å²) in [6, 6.07) is 53.3. The molecule has 9 rings (SSSR count). The largest absolute Gasteiger partial charge is 0.254 e. The number of nitrogens with zero attached hydrogens (tertiary/aromatic N) is 3. The molecule has 3 heteroatoms. The normalized spacial score (nSPS) is 11.5. The Morgan fingerprint density at radius 1 is 0.457 bits per heavy atom. The molecule has 0 amide bonds. The minimum atomic E-state index is 0.661. The van der Waals surface area contributed by atoms with Crippen LogP contribution in [0, 0.1) is 11.3 Å². The molecule has 2 heterocycles. The van der Waals surface area contributed by atoms with Gasteiger partial charge in [0.1, 0.15) is 0 Å². The van der Waals surface area contributed by atoms with Crippen LogP contribution in [-0.4, -0.2) is 9.97 Å². The van der Waals surface area contributed by atoms with E-state index in [4.69, 9.17) is 9.97 Å². The quantitative estimate of drug-likeness (QED) is 0.154. The predicted octanol–water partition coefficient (Wildman–Crippen LogP) is 11.1. The van der Waals surface area contributed by atoms with Gasteiger partial charge in [0.2, 0.25) is 0 Å². The standard InChI is InChI=1S/C43H25N3/c44-26-27-15-17-29(18-16-27)40-33-9-2-4-11-35(33)41(36-12-5-3-10-34(36)40)30-21-19-28(20-22-30)38-25-32-24-31-8-1-6-14-39(31)46-42(32)43-37(38)13-7-23-45-43/h1-25H. The highest BCUT2D eigenvalue weighted by Gasteiger charge is 2.17.